The van der Waals surface area contributed by atoms with Crippen molar-refractivity contribution in [3.8, 4) is 0 Å². The lowest BCUT2D eigenvalue weighted by atomic mass is 10.2. The summed E-state index contributed by atoms with van der Waals surface area (Å²) in [5.74, 6) is -0.194. The molecule has 0 bridgehead atoms. The zero-order valence-electron chi connectivity index (χ0n) is 14.3. The summed E-state index contributed by atoms with van der Waals surface area (Å²) in [5.41, 5.74) is 0.637. The first-order chi connectivity index (χ1) is 13.0. The van der Waals surface area contributed by atoms with Gasteiger partial charge in [-0.15, -0.1) is 0 Å². The van der Waals surface area contributed by atoms with E-state index in [1.54, 1.807) is 30.3 Å². The minimum atomic E-state index is -4.53. The Morgan fingerprint density at radius 1 is 1.19 bits per heavy atom. The SMILES string of the molecule is CCNc1nc(Nc2cnn3c2C[C@H](n2nccn2)C3)ncc1C(F)(F)F. The maximum Gasteiger partial charge on any atom is 0.421 e. The number of fused-ring (bicyclic) bond motifs is 1. The molecule has 27 heavy (non-hydrogen) atoms. The highest BCUT2D eigenvalue weighted by Gasteiger charge is 2.35. The Labute approximate surface area is 151 Å². The van der Waals surface area contributed by atoms with Crippen LogP contribution in [0.2, 0.25) is 0 Å². The molecule has 0 saturated heterocycles. The van der Waals surface area contributed by atoms with Crippen molar-refractivity contribution in [2.24, 2.45) is 0 Å². The molecule has 3 aromatic rings. The Kier molecular flexibility index (Phi) is 4.16. The average molecular weight is 379 g/mol. The summed E-state index contributed by atoms with van der Waals surface area (Å²) in [7, 11) is 0. The quantitative estimate of drug-likeness (QED) is 0.702. The first-order valence-electron chi connectivity index (χ1n) is 8.31. The van der Waals surface area contributed by atoms with Crippen LogP contribution in [0, 0.1) is 0 Å². The van der Waals surface area contributed by atoms with E-state index in [-0.39, 0.29) is 17.8 Å². The maximum absolute atomic E-state index is 13.1. The predicted molar refractivity (Wildman–Crippen MR) is 89.5 cm³/mol. The van der Waals surface area contributed by atoms with Crippen molar-refractivity contribution < 1.29 is 13.2 Å². The molecule has 3 aromatic heterocycles. The number of anilines is 3. The Morgan fingerprint density at radius 2 is 1.96 bits per heavy atom. The molecular weight excluding hydrogens is 363 g/mol. The van der Waals surface area contributed by atoms with Crippen molar-refractivity contribution in [3.05, 3.63) is 36.0 Å². The fraction of sp³-hybridized carbons (Fsp3) is 0.400. The van der Waals surface area contributed by atoms with Crippen molar-refractivity contribution in [1.82, 2.24) is 34.7 Å². The molecule has 0 radical (unpaired) electrons. The van der Waals surface area contributed by atoms with Crippen molar-refractivity contribution in [1.29, 1.82) is 0 Å². The molecule has 0 aromatic carbocycles. The highest BCUT2D eigenvalue weighted by molar-refractivity contribution is 5.59. The Hall–Kier alpha value is -3.18. The molecular formula is C15H16F3N9. The highest BCUT2D eigenvalue weighted by atomic mass is 19.4. The van der Waals surface area contributed by atoms with Crippen molar-refractivity contribution in [2.45, 2.75) is 32.1 Å². The molecule has 0 saturated carbocycles. The number of nitrogens with zero attached hydrogens (tertiary/aromatic N) is 7. The van der Waals surface area contributed by atoms with Crippen LogP contribution >= 0.6 is 0 Å². The van der Waals surface area contributed by atoms with Gasteiger partial charge in [0.1, 0.15) is 11.4 Å². The average Bonchev–Trinajstić information content (AvgIpc) is 3.32. The van der Waals surface area contributed by atoms with Crippen molar-refractivity contribution >= 4 is 17.5 Å². The largest absolute Gasteiger partial charge is 0.421 e. The van der Waals surface area contributed by atoms with Crippen LogP contribution in [0.4, 0.5) is 30.6 Å². The van der Waals surface area contributed by atoms with Crippen molar-refractivity contribution in [3.63, 3.8) is 0 Å². The van der Waals surface area contributed by atoms with Crippen LogP contribution in [-0.4, -0.2) is 41.3 Å². The second-order valence-corrected chi connectivity index (χ2v) is 6.00. The van der Waals surface area contributed by atoms with E-state index in [2.05, 4.69) is 35.9 Å². The van der Waals surface area contributed by atoms with Crippen LogP contribution in [0.25, 0.3) is 0 Å². The summed E-state index contributed by atoms with van der Waals surface area (Å²) in [6.07, 6.45) is 1.71. The third kappa shape index (κ3) is 3.29. The Balaban J connectivity index is 1.57. The lowest BCUT2D eigenvalue weighted by Gasteiger charge is -2.14. The van der Waals surface area contributed by atoms with Crippen LogP contribution in [0.5, 0.6) is 0 Å². The zero-order valence-corrected chi connectivity index (χ0v) is 14.3. The van der Waals surface area contributed by atoms with Gasteiger partial charge in [0.25, 0.3) is 0 Å². The number of hydrogen-bond acceptors (Lipinski definition) is 7. The molecule has 0 amide bonds. The molecule has 0 aliphatic carbocycles. The third-order valence-corrected chi connectivity index (χ3v) is 4.21. The van der Waals surface area contributed by atoms with E-state index >= 15 is 0 Å². The summed E-state index contributed by atoms with van der Waals surface area (Å²) in [4.78, 5) is 9.41. The second kappa shape index (κ2) is 6.52. The number of hydrogen-bond donors (Lipinski definition) is 2. The van der Waals surface area contributed by atoms with Crippen molar-refractivity contribution in [2.75, 3.05) is 17.2 Å². The molecule has 12 heteroatoms. The maximum atomic E-state index is 13.1. The van der Waals surface area contributed by atoms with Crippen LogP contribution in [0.1, 0.15) is 24.2 Å². The molecule has 0 spiro atoms. The van der Waals surface area contributed by atoms with Gasteiger partial charge in [0.15, 0.2) is 0 Å². The standard InChI is InChI=1S/C15H16F3N9/c1-2-19-13-10(15(16,17)18)6-20-14(25-13)24-11-7-23-26-8-9(5-12(11)26)27-21-3-4-22-27/h3-4,6-7,9H,2,5,8H2,1H3,(H2,19,20,24,25)/t9-/m0/s1. The molecule has 0 unspecified atom stereocenters. The normalized spacial score (nSPS) is 16.4. The summed E-state index contributed by atoms with van der Waals surface area (Å²) in [5, 5.41) is 18.2. The molecule has 142 valence electrons. The minimum absolute atomic E-state index is 0.0371. The van der Waals surface area contributed by atoms with E-state index in [4.69, 9.17) is 0 Å². The predicted octanol–water partition coefficient (Wildman–Crippen LogP) is 2.26. The highest BCUT2D eigenvalue weighted by Crippen LogP contribution is 2.35. The van der Waals surface area contributed by atoms with E-state index in [0.29, 0.717) is 25.2 Å². The first-order valence-corrected chi connectivity index (χ1v) is 8.31. The third-order valence-electron chi connectivity index (χ3n) is 4.21. The van der Waals surface area contributed by atoms with Gasteiger partial charge in [-0.25, -0.2) is 4.98 Å². The second-order valence-electron chi connectivity index (χ2n) is 6.00. The molecule has 1 aliphatic heterocycles. The van der Waals surface area contributed by atoms with Gasteiger partial charge < -0.3 is 10.6 Å². The van der Waals surface area contributed by atoms with Gasteiger partial charge in [-0.3, -0.25) is 4.68 Å². The lowest BCUT2D eigenvalue weighted by molar-refractivity contribution is -0.137. The van der Waals surface area contributed by atoms with E-state index < -0.39 is 11.7 Å². The number of aromatic nitrogens is 7. The number of rotatable bonds is 5. The summed E-state index contributed by atoms with van der Waals surface area (Å²) in [6.45, 7) is 2.62. The zero-order chi connectivity index (χ0) is 19.0. The van der Waals surface area contributed by atoms with Gasteiger partial charge >= 0.3 is 6.18 Å². The molecule has 4 heterocycles. The van der Waals surface area contributed by atoms with Crippen LogP contribution in [0.15, 0.2) is 24.8 Å². The number of halogens is 3. The molecule has 9 nitrogen and oxygen atoms in total. The van der Waals surface area contributed by atoms with Gasteiger partial charge in [-0.1, -0.05) is 0 Å². The van der Waals surface area contributed by atoms with E-state index in [9.17, 15) is 13.2 Å². The molecule has 1 atom stereocenters. The monoisotopic (exact) mass is 379 g/mol. The lowest BCUT2D eigenvalue weighted by Crippen LogP contribution is -2.14. The van der Waals surface area contributed by atoms with Gasteiger partial charge in [0.2, 0.25) is 5.95 Å². The van der Waals surface area contributed by atoms with Gasteiger partial charge in [0.05, 0.1) is 42.6 Å². The number of alkyl halides is 3. The minimum Gasteiger partial charge on any atom is -0.370 e. The van der Waals surface area contributed by atoms with E-state index in [0.717, 1.165) is 11.9 Å². The smallest absolute Gasteiger partial charge is 0.370 e. The Morgan fingerprint density at radius 3 is 2.67 bits per heavy atom. The molecule has 2 N–H and O–H groups in total. The van der Waals surface area contributed by atoms with Crippen LogP contribution in [-0.2, 0) is 19.1 Å². The summed E-state index contributed by atoms with van der Waals surface area (Å²) >= 11 is 0. The topological polar surface area (TPSA) is 98.4 Å². The van der Waals surface area contributed by atoms with E-state index in [1.807, 2.05) is 4.68 Å². The van der Waals surface area contributed by atoms with Crippen LogP contribution < -0.4 is 10.6 Å². The van der Waals surface area contributed by atoms with Gasteiger partial charge in [-0.05, 0) is 6.92 Å². The van der Waals surface area contributed by atoms with E-state index in [1.165, 1.54) is 0 Å². The first kappa shape index (κ1) is 17.2. The fourth-order valence-corrected chi connectivity index (χ4v) is 3.02. The summed E-state index contributed by atoms with van der Waals surface area (Å²) < 4.78 is 41.0. The Bertz CT molecular complexity index is 933. The molecule has 0 fully saturated rings. The van der Waals surface area contributed by atoms with Gasteiger partial charge in [0, 0.05) is 19.2 Å². The van der Waals surface area contributed by atoms with Gasteiger partial charge in [-0.2, -0.15) is 38.2 Å². The van der Waals surface area contributed by atoms with Crippen LogP contribution in [0.3, 0.4) is 0 Å². The fourth-order valence-electron chi connectivity index (χ4n) is 3.02. The molecule has 1 aliphatic rings. The number of nitrogens with one attached hydrogen (secondary N) is 2. The summed E-state index contributed by atoms with van der Waals surface area (Å²) in [6, 6.07) is 0.0371. The molecule has 4 rings (SSSR count).